The lowest BCUT2D eigenvalue weighted by molar-refractivity contribution is -0.112. The normalized spacial score (nSPS) is 11.7. The molecule has 0 N–H and O–H groups in total. The van der Waals surface area contributed by atoms with Crippen LogP contribution in [0.2, 0.25) is 0 Å². The maximum atomic E-state index is 11.9. The summed E-state index contributed by atoms with van der Waals surface area (Å²) in [7, 11) is 0. The molecular weight excluding hydrogens is 236 g/mol. The van der Waals surface area contributed by atoms with Gasteiger partial charge < -0.3 is 4.74 Å². The highest BCUT2D eigenvalue weighted by atomic mass is 16.5. The molecule has 1 aromatic rings. The van der Waals surface area contributed by atoms with E-state index < -0.39 is 0 Å². The molecule has 0 fully saturated rings. The average molecular weight is 258 g/mol. The largest absolute Gasteiger partial charge is 0.498 e. The maximum absolute atomic E-state index is 11.9. The van der Waals surface area contributed by atoms with Crippen LogP contribution in [0.4, 0.5) is 0 Å². The van der Waals surface area contributed by atoms with Crippen molar-refractivity contribution in [2.24, 2.45) is 0 Å². The van der Waals surface area contributed by atoms with Gasteiger partial charge in [0.05, 0.1) is 6.61 Å². The summed E-state index contributed by atoms with van der Waals surface area (Å²) in [5.41, 5.74) is 2.47. The Balaban J connectivity index is 2.80. The van der Waals surface area contributed by atoms with Crippen LogP contribution in [0, 0.1) is 0 Å². The molecule has 2 heteroatoms. The number of carbonyl (C=O) groups is 1. The molecule has 0 saturated carbocycles. The molecule has 0 bridgehead atoms. The molecule has 1 rings (SSSR count). The summed E-state index contributed by atoms with van der Waals surface area (Å²) in [5.74, 6) is 0.760. The molecule has 2 nitrogen and oxygen atoms in total. The smallest absolute Gasteiger partial charge is 0.187 e. The van der Waals surface area contributed by atoms with Gasteiger partial charge in [0.15, 0.2) is 5.78 Å². The monoisotopic (exact) mass is 258 g/mol. The summed E-state index contributed by atoms with van der Waals surface area (Å²) in [6, 6.07) is 10.2. The Morgan fingerprint density at radius 2 is 1.84 bits per heavy atom. The maximum Gasteiger partial charge on any atom is 0.187 e. The van der Waals surface area contributed by atoms with Gasteiger partial charge in [-0.1, -0.05) is 36.9 Å². The lowest BCUT2D eigenvalue weighted by Crippen LogP contribution is -2.07. The molecule has 0 spiro atoms. The van der Waals surface area contributed by atoms with Crippen LogP contribution in [0.25, 0.3) is 0 Å². The lowest BCUT2D eigenvalue weighted by atomic mass is 10.0. The number of rotatable bonds is 7. The van der Waals surface area contributed by atoms with E-state index in [1.807, 2.05) is 32.0 Å². The summed E-state index contributed by atoms with van der Waals surface area (Å²) < 4.78 is 5.61. The Labute approximate surface area is 115 Å². The first-order valence-corrected chi connectivity index (χ1v) is 6.63. The summed E-state index contributed by atoms with van der Waals surface area (Å²) in [4.78, 5) is 11.9. The first-order chi connectivity index (χ1) is 9.06. The molecule has 0 aliphatic rings. The molecule has 19 heavy (non-hydrogen) atoms. The van der Waals surface area contributed by atoms with E-state index >= 15 is 0 Å². The minimum Gasteiger partial charge on any atom is -0.498 e. The number of aryl methyl sites for hydroxylation is 1. The number of ether oxygens (including phenoxy) is 1. The zero-order chi connectivity index (χ0) is 14.3. The van der Waals surface area contributed by atoms with Crippen LogP contribution in [0.15, 0.2) is 53.8 Å². The van der Waals surface area contributed by atoms with Crippen LogP contribution in [0.1, 0.15) is 32.8 Å². The van der Waals surface area contributed by atoms with Crippen molar-refractivity contribution in [1.82, 2.24) is 0 Å². The third-order valence-corrected chi connectivity index (χ3v) is 2.95. The van der Waals surface area contributed by atoms with Crippen molar-refractivity contribution in [2.75, 3.05) is 6.61 Å². The van der Waals surface area contributed by atoms with Crippen molar-refractivity contribution >= 4 is 5.78 Å². The van der Waals surface area contributed by atoms with Crippen LogP contribution in [-0.2, 0) is 16.0 Å². The first kappa shape index (κ1) is 15.2. The molecule has 102 valence electrons. The Kier molecular flexibility index (Phi) is 6.07. The van der Waals surface area contributed by atoms with E-state index in [2.05, 4.69) is 18.7 Å². The van der Waals surface area contributed by atoms with E-state index in [0.717, 1.165) is 18.6 Å². The molecule has 0 aromatic heterocycles. The molecule has 0 amide bonds. The van der Waals surface area contributed by atoms with Crippen molar-refractivity contribution in [3.05, 3.63) is 59.4 Å². The van der Waals surface area contributed by atoms with Crippen LogP contribution in [0.3, 0.4) is 0 Å². The first-order valence-electron chi connectivity index (χ1n) is 6.63. The standard InChI is InChI=1S/C17H22O2/c1-5-19-16(14(4)17(18)13(2)3)12-11-15-9-7-6-8-10-15/h6-10H,2,5,11-12H2,1,3-4H3/b16-14+. The fourth-order valence-electron chi connectivity index (χ4n) is 1.89. The van der Waals surface area contributed by atoms with Crippen molar-refractivity contribution < 1.29 is 9.53 Å². The van der Waals surface area contributed by atoms with Gasteiger partial charge in [0.25, 0.3) is 0 Å². The van der Waals surface area contributed by atoms with Gasteiger partial charge >= 0.3 is 0 Å². The predicted octanol–water partition coefficient (Wildman–Crippen LogP) is 4.07. The molecule has 0 saturated heterocycles. The van der Waals surface area contributed by atoms with Gasteiger partial charge in [0.1, 0.15) is 5.76 Å². The van der Waals surface area contributed by atoms with Gasteiger partial charge in [0.2, 0.25) is 0 Å². The van der Waals surface area contributed by atoms with Gasteiger partial charge in [-0.15, -0.1) is 0 Å². The van der Waals surface area contributed by atoms with Crippen LogP contribution >= 0.6 is 0 Å². The fraction of sp³-hybridized carbons (Fsp3) is 0.353. The Morgan fingerprint density at radius 3 is 2.37 bits per heavy atom. The molecule has 0 atom stereocenters. The van der Waals surface area contributed by atoms with Crippen molar-refractivity contribution in [3.63, 3.8) is 0 Å². The minimum atomic E-state index is -0.0171. The van der Waals surface area contributed by atoms with Gasteiger partial charge in [-0.3, -0.25) is 4.79 Å². The van der Waals surface area contributed by atoms with Crippen LogP contribution < -0.4 is 0 Å². The fourth-order valence-corrected chi connectivity index (χ4v) is 1.89. The zero-order valence-electron chi connectivity index (χ0n) is 12.0. The van der Waals surface area contributed by atoms with Gasteiger partial charge in [0, 0.05) is 12.0 Å². The third kappa shape index (κ3) is 4.74. The molecule has 0 aliphatic carbocycles. The van der Waals surface area contributed by atoms with E-state index in [1.165, 1.54) is 5.56 Å². The average Bonchev–Trinajstić information content (AvgIpc) is 2.42. The highest BCUT2D eigenvalue weighted by Gasteiger charge is 2.12. The molecule has 0 aliphatic heterocycles. The molecule has 0 unspecified atom stereocenters. The predicted molar refractivity (Wildman–Crippen MR) is 78.9 cm³/mol. The van der Waals surface area contributed by atoms with E-state index in [-0.39, 0.29) is 5.78 Å². The number of benzene rings is 1. The quantitative estimate of drug-likeness (QED) is 0.544. The van der Waals surface area contributed by atoms with E-state index in [1.54, 1.807) is 6.92 Å². The lowest BCUT2D eigenvalue weighted by Gasteiger charge is -2.12. The molecular formula is C17H22O2. The third-order valence-electron chi connectivity index (χ3n) is 2.95. The molecule has 0 radical (unpaired) electrons. The van der Waals surface area contributed by atoms with Crippen LogP contribution in [0.5, 0.6) is 0 Å². The Bertz CT molecular complexity index is 469. The molecule has 1 aromatic carbocycles. The van der Waals surface area contributed by atoms with Gasteiger partial charge in [-0.25, -0.2) is 0 Å². The number of hydrogen-bond donors (Lipinski definition) is 0. The summed E-state index contributed by atoms with van der Waals surface area (Å²) in [6.45, 7) is 9.74. The number of Topliss-reactive ketones (excluding diaryl/α,β-unsaturated/α-hetero) is 1. The zero-order valence-corrected chi connectivity index (χ0v) is 12.0. The number of hydrogen-bond acceptors (Lipinski definition) is 2. The minimum absolute atomic E-state index is 0.0171. The molecule has 0 heterocycles. The second-order valence-electron chi connectivity index (χ2n) is 4.58. The van der Waals surface area contributed by atoms with Crippen LogP contribution in [-0.4, -0.2) is 12.4 Å². The van der Waals surface area contributed by atoms with Gasteiger partial charge in [-0.2, -0.15) is 0 Å². The Morgan fingerprint density at radius 1 is 1.21 bits per heavy atom. The van der Waals surface area contributed by atoms with E-state index in [4.69, 9.17) is 4.74 Å². The number of allylic oxidation sites excluding steroid dienone is 3. The highest BCUT2D eigenvalue weighted by molar-refractivity contribution is 6.07. The summed E-state index contributed by atoms with van der Waals surface area (Å²) in [5, 5.41) is 0. The SMILES string of the molecule is C=C(C)C(=O)/C(C)=C(\CCc1ccccc1)OCC. The topological polar surface area (TPSA) is 26.3 Å². The number of carbonyl (C=O) groups excluding carboxylic acids is 1. The number of ketones is 1. The van der Waals surface area contributed by atoms with E-state index in [0.29, 0.717) is 17.8 Å². The van der Waals surface area contributed by atoms with Crippen molar-refractivity contribution in [3.8, 4) is 0 Å². The highest BCUT2D eigenvalue weighted by Crippen LogP contribution is 2.17. The van der Waals surface area contributed by atoms with Crippen molar-refractivity contribution in [1.29, 1.82) is 0 Å². The van der Waals surface area contributed by atoms with Crippen molar-refractivity contribution in [2.45, 2.75) is 33.6 Å². The van der Waals surface area contributed by atoms with Gasteiger partial charge in [-0.05, 0) is 38.3 Å². The Hall–Kier alpha value is -1.83. The second kappa shape index (κ2) is 7.57. The summed E-state index contributed by atoms with van der Waals surface area (Å²) >= 11 is 0. The second-order valence-corrected chi connectivity index (χ2v) is 4.58. The summed E-state index contributed by atoms with van der Waals surface area (Å²) in [6.07, 6.45) is 1.61. The van der Waals surface area contributed by atoms with E-state index in [9.17, 15) is 4.79 Å².